The summed E-state index contributed by atoms with van der Waals surface area (Å²) in [5.74, 6) is 0.525. The van der Waals surface area contributed by atoms with E-state index in [-0.39, 0.29) is 5.41 Å². The molecule has 1 nitrogen and oxygen atoms in total. The minimum Gasteiger partial charge on any atom is -0.327 e. The van der Waals surface area contributed by atoms with Crippen molar-refractivity contribution in [2.45, 2.75) is 25.8 Å². The monoisotopic (exact) mass is 211 g/mol. The molecule has 2 atom stereocenters. The van der Waals surface area contributed by atoms with Crippen molar-refractivity contribution in [2.24, 2.45) is 11.1 Å². The third-order valence-corrected chi connectivity index (χ3v) is 4.04. The molecule has 1 aliphatic rings. The summed E-state index contributed by atoms with van der Waals surface area (Å²) < 4.78 is 0. The van der Waals surface area contributed by atoms with Crippen LogP contribution in [-0.4, -0.2) is 6.04 Å². The molecule has 16 heavy (non-hydrogen) atoms. The van der Waals surface area contributed by atoms with Crippen molar-refractivity contribution in [3.8, 4) is 0 Å². The minimum atomic E-state index is 0.266. The number of hydrogen-bond donors (Lipinski definition) is 1. The Hall–Kier alpha value is -1.34. The van der Waals surface area contributed by atoms with Crippen LogP contribution in [0.4, 0.5) is 0 Å². The SMILES string of the molecule is CC1(C)[C@H](N)[C@H]1c1ccc2ccccc2c1. The van der Waals surface area contributed by atoms with Crippen molar-refractivity contribution in [1.29, 1.82) is 0 Å². The quantitative estimate of drug-likeness (QED) is 0.769. The Bertz CT molecular complexity index is 542. The molecule has 0 unspecified atom stereocenters. The highest BCUT2D eigenvalue weighted by Crippen LogP contribution is 2.57. The second-order valence-electron chi connectivity index (χ2n) is 5.43. The van der Waals surface area contributed by atoms with E-state index in [1.165, 1.54) is 16.3 Å². The van der Waals surface area contributed by atoms with E-state index in [9.17, 15) is 0 Å². The maximum atomic E-state index is 6.12. The fourth-order valence-corrected chi connectivity index (χ4v) is 2.72. The van der Waals surface area contributed by atoms with Gasteiger partial charge in [-0.1, -0.05) is 56.3 Å². The van der Waals surface area contributed by atoms with Crippen LogP contribution in [0.25, 0.3) is 10.8 Å². The van der Waals surface area contributed by atoms with E-state index < -0.39 is 0 Å². The van der Waals surface area contributed by atoms with Crippen LogP contribution in [0.3, 0.4) is 0 Å². The minimum absolute atomic E-state index is 0.266. The van der Waals surface area contributed by atoms with Gasteiger partial charge in [-0.05, 0) is 21.8 Å². The van der Waals surface area contributed by atoms with Gasteiger partial charge in [-0.25, -0.2) is 0 Å². The van der Waals surface area contributed by atoms with Crippen LogP contribution in [-0.2, 0) is 0 Å². The largest absolute Gasteiger partial charge is 0.327 e. The van der Waals surface area contributed by atoms with Gasteiger partial charge in [0.2, 0.25) is 0 Å². The summed E-state index contributed by atoms with van der Waals surface area (Å²) in [7, 11) is 0. The Morgan fingerprint density at radius 1 is 1.00 bits per heavy atom. The van der Waals surface area contributed by atoms with Crippen LogP contribution < -0.4 is 5.73 Å². The van der Waals surface area contributed by atoms with Gasteiger partial charge in [0.1, 0.15) is 0 Å². The Morgan fingerprint density at radius 2 is 1.62 bits per heavy atom. The van der Waals surface area contributed by atoms with Gasteiger partial charge in [0.15, 0.2) is 0 Å². The van der Waals surface area contributed by atoms with Gasteiger partial charge in [0, 0.05) is 12.0 Å². The third kappa shape index (κ3) is 1.28. The zero-order valence-corrected chi connectivity index (χ0v) is 9.77. The van der Waals surface area contributed by atoms with Crippen molar-refractivity contribution in [2.75, 3.05) is 0 Å². The molecular formula is C15H17N. The van der Waals surface area contributed by atoms with Crippen molar-refractivity contribution in [1.82, 2.24) is 0 Å². The van der Waals surface area contributed by atoms with Gasteiger partial charge < -0.3 is 5.73 Å². The fraction of sp³-hybridized carbons (Fsp3) is 0.333. The lowest BCUT2D eigenvalue weighted by Crippen LogP contribution is -2.06. The molecule has 0 spiro atoms. The molecule has 0 aromatic heterocycles. The van der Waals surface area contributed by atoms with Gasteiger partial charge in [-0.15, -0.1) is 0 Å². The van der Waals surface area contributed by atoms with Crippen LogP contribution in [0.15, 0.2) is 42.5 Å². The van der Waals surface area contributed by atoms with E-state index in [1.54, 1.807) is 0 Å². The summed E-state index contributed by atoms with van der Waals surface area (Å²) in [6.45, 7) is 4.50. The molecule has 0 saturated heterocycles. The third-order valence-electron chi connectivity index (χ3n) is 4.04. The highest BCUT2D eigenvalue weighted by Gasteiger charge is 2.55. The van der Waals surface area contributed by atoms with E-state index in [1.807, 2.05) is 0 Å². The maximum Gasteiger partial charge on any atom is 0.0172 e. The molecular weight excluding hydrogens is 194 g/mol. The van der Waals surface area contributed by atoms with E-state index in [4.69, 9.17) is 5.73 Å². The van der Waals surface area contributed by atoms with Crippen LogP contribution >= 0.6 is 0 Å². The number of benzene rings is 2. The molecule has 0 bridgehead atoms. The molecule has 0 amide bonds. The Kier molecular flexibility index (Phi) is 1.90. The standard InChI is InChI=1S/C15H17N/c1-15(2)13(14(15)16)12-8-7-10-5-3-4-6-11(10)9-12/h3-9,13-14H,16H2,1-2H3/t13-,14-/m1/s1. The average molecular weight is 211 g/mol. The Morgan fingerprint density at radius 3 is 2.25 bits per heavy atom. The summed E-state index contributed by atoms with van der Waals surface area (Å²) in [5, 5.41) is 2.62. The van der Waals surface area contributed by atoms with E-state index >= 15 is 0 Å². The molecule has 1 saturated carbocycles. The van der Waals surface area contributed by atoms with E-state index in [0.29, 0.717) is 12.0 Å². The van der Waals surface area contributed by atoms with Gasteiger partial charge in [0.05, 0.1) is 0 Å². The van der Waals surface area contributed by atoms with E-state index in [0.717, 1.165) is 0 Å². The van der Waals surface area contributed by atoms with Gasteiger partial charge in [0.25, 0.3) is 0 Å². The maximum absolute atomic E-state index is 6.12. The van der Waals surface area contributed by atoms with Crippen molar-refractivity contribution in [3.05, 3.63) is 48.0 Å². The molecule has 1 aliphatic carbocycles. The Balaban J connectivity index is 2.07. The van der Waals surface area contributed by atoms with Crippen molar-refractivity contribution < 1.29 is 0 Å². The van der Waals surface area contributed by atoms with Gasteiger partial charge in [-0.2, -0.15) is 0 Å². The first-order chi connectivity index (χ1) is 7.60. The summed E-state index contributed by atoms with van der Waals surface area (Å²) in [6.07, 6.45) is 0. The number of fused-ring (bicyclic) bond motifs is 1. The summed E-state index contributed by atoms with van der Waals surface area (Å²) in [6, 6.07) is 15.5. The molecule has 0 heterocycles. The predicted octanol–water partition coefficient (Wildman–Crippen LogP) is 3.29. The predicted molar refractivity (Wildman–Crippen MR) is 68.4 cm³/mol. The number of nitrogens with two attached hydrogens (primary N) is 1. The van der Waals surface area contributed by atoms with Crippen LogP contribution in [0.1, 0.15) is 25.3 Å². The lowest BCUT2D eigenvalue weighted by Gasteiger charge is -2.04. The summed E-state index contributed by atoms with van der Waals surface area (Å²) in [5.41, 5.74) is 7.77. The molecule has 1 fully saturated rings. The topological polar surface area (TPSA) is 26.0 Å². The highest BCUT2D eigenvalue weighted by atomic mass is 14.8. The molecule has 1 heteroatoms. The smallest absolute Gasteiger partial charge is 0.0172 e. The number of rotatable bonds is 1. The fourth-order valence-electron chi connectivity index (χ4n) is 2.72. The zero-order valence-electron chi connectivity index (χ0n) is 9.77. The van der Waals surface area contributed by atoms with Gasteiger partial charge in [-0.3, -0.25) is 0 Å². The molecule has 0 aliphatic heterocycles. The summed E-state index contributed by atoms with van der Waals surface area (Å²) in [4.78, 5) is 0. The molecule has 0 radical (unpaired) electrons. The lowest BCUT2D eigenvalue weighted by molar-refractivity contribution is 0.599. The van der Waals surface area contributed by atoms with Crippen LogP contribution in [0, 0.1) is 5.41 Å². The first-order valence-corrected chi connectivity index (χ1v) is 5.85. The van der Waals surface area contributed by atoms with Gasteiger partial charge >= 0.3 is 0 Å². The molecule has 3 rings (SSSR count). The average Bonchev–Trinajstić information content (AvgIpc) is 2.78. The first-order valence-electron chi connectivity index (χ1n) is 5.85. The molecule has 82 valence electrons. The zero-order chi connectivity index (χ0) is 11.3. The van der Waals surface area contributed by atoms with Crippen molar-refractivity contribution >= 4 is 10.8 Å². The molecule has 2 N–H and O–H groups in total. The van der Waals surface area contributed by atoms with Crippen LogP contribution in [0.5, 0.6) is 0 Å². The lowest BCUT2D eigenvalue weighted by atomic mass is 10.00. The molecule has 2 aromatic rings. The summed E-state index contributed by atoms with van der Waals surface area (Å²) >= 11 is 0. The Labute approximate surface area is 96.3 Å². The number of hydrogen-bond acceptors (Lipinski definition) is 1. The van der Waals surface area contributed by atoms with E-state index in [2.05, 4.69) is 56.3 Å². The van der Waals surface area contributed by atoms with Crippen LogP contribution in [0.2, 0.25) is 0 Å². The normalized spacial score (nSPS) is 26.9. The second-order valence-corrected chi connectivity index (χ2v) is 5.43. The highest BCUT2D eigenvalue weighted by molar-refractivity contribution is 5.83. The van der Waals surface area contributed by atoms with Crippen molar-refractivity contribution in [3.63, 3.8) is 0 Å². The second kappa shape index (κ2) is 3.08. The first kappa shape index (κ1) is 9.86. The molecule has 2 aromatic carbocycles.